The quantitative estimate of drug-likeness (QED) is 0.639. The molecule has 3 heterocycles. The standard InChI is InChI=1S/C20H20F2N6O2/c21-20(22)10-15(20)18-26-19(27-30-18)25-13-5-4-12(9-13)24-16-7-6-14(11-23-16)28-8-2-1-3-17(28)29/h1-3,6-8,11-13,15H,4-5,9-10H2,(H,23,24)(H,25,27)/t12-,13-,15?/m0/s1. The lowest BCUT2D eigenvalue weighted by molar-refractivity contribution is 0.106. The molecule has 0 radical (unpaired) electrons. The molecule has 3 aromatic heterocycles. The number of alkyl halides is 2. The van der Waals surface area contributed by atoms with Crippen LogP contribution in [0, 0.1) is 0 Å². The number of rotatable bonds is 6. The Labute approximate surface area is 170 Å². The molecule has 2 N–H and O–H groups in total. The minimum atomic E-state index is -2.72. The molecule has 0 aliphatic heterocycles. The normalized spacial score (nSPS) is 24.5. The van der Waals surface area contributed by atoms with Gasteiger partial charge in [0, 0.05) is 30.8 Å². The van der Waals surface area contributed by atoms with Gasteiger partial charge in [-0.2, -0.15) is 4.98 Å². The van der Waals surface area contributed by atoms with Crippen LogP contribution in [0.15, 0.2) is 52.0 Å². The van der Waals surface area contributed by atoms with Crippen LogP contribution in [0.5, 0.6) is 0 Å². The number of hydrogen-bond acceptors (Lipinski definition) is 7. The maximum absolute atomic E-state index is 13.1. The van der Waals surface area contributed by atoms with E-state index in [4.69, 9.17) is 4.52 Å². The third-order valence-electron chi connectivity index (χ3n) is 5.53. The largest absolute Gasteiger partial charge is 0.367 e. The number of aromatic nitrogens is 4. The topological polar surface area (TPSA) is 97.9 Å². The van der Waals surface area contributed by atoms with E-state index in [1.54, 1.807) is 24.5 Å². The second-order valence-corrected chi connectivity index (χ2v) is 7.78. The first-order chi connectivity index (χ1) is 14.5. The molecule has 10 heteroatoms. The molecule has 30 heavy (non-hydrogen) atoms. The number of nitrogens with one attached hydrogen (secondary N) is 2. The second-order valence-electron chi connectivity index (χ2n) is 7.78. The monoisotopic (exact) mass is 414 g/mol. The van der Waals surface area contributed by atoms with Gasteiger partial charge < -0.3 is 15.2 Å². The van der Waals surface area contributed by atoms with Gasteiger partial charge in [-0.05, 0) is 42.6 Å². The van der Waals surface area contributed by atoms with Crippen LogP contribution < -0.4 is 16.2 Å². The van der Waals surface area contributed by atoms with Crippen molar-refractivity contribution < 1.29 is 13.3 Å². The van der Waals surface area contributed by atoms with Crippen molar-refractivity contribution in [1.82, 2.24) is 19.7 Å². The van der Waals surface area contributed by atoms with Crippen molar-refractivity contribution in [2.45, 2.75) is 49.6 Å². The summed E-state index contributed by atoms with van der Waals surface area (Å²) in [7, 11) is 0. The molecule has 8 nitrogen and oxygen atoms in total. The van der Waals surface area contributed by atoms with Crippen LogP contribution in [-0.2, 0) is 0 Å². The van der Waals surface area contributed by atoms with Crippen LogP contribution in [0.2, 0.25) is 0 Å². The zero-order chi connectivity index (χ0) is 20.7. The van der Waals surface area contributed by atoms with Crippen LogP contribution in [-0.4, -0.2) is 37.7 Å². The molecule has 3 aromatic rings. The van der Waals surface area contributed by atoms with Gasteiger partial charge in [0.25, 0.3) is 17.4 Å². The molecule has 2 fully saturated rings. The molecule has 156 valence electrons. The molecular weight excluding hydrogens is 394 g/mol. The molecule has 0 aromatic carbocycles. The maximum atomic E-state index is 13.1. The highest BCUT2D eigenvalue weighted by Gasteiger charge is 2.61. The molecular formula is C20H20F2N6O2. The van der Waals surface area contributed by atoms with E-state index in [1.165, 1.54) is 10.6 Å². The lowest BCUT2D eigenvalue weighted by Gasteiger charge is -2.14. The van der Waals surface area contributed by atoms with Crippen LogP contribution in [0.4, 0.5) is 20.5 Å². The van der Waals surface area contributed by atoms with Crippen molar-refractivity contribution in [3.05, 3.63) is 59.0 Å². The molecule has 2 aliphatic rings. The Kier molecular flexibility index (Phi) is 4.48. The molecule has 0 saturated heterocycles. The van der Waals surface area contributed by atoms with Gasteiger partial charge in [-0.1, -0.05) is 6.07 Å². The number of anilines is 2. The van der Waals surface area contributed by atoms with Gasteiger partial charge in [0.15, 0.2) is 0 Å². The number of pyridine rings is 2. The summed E-state index contributed by atoms with van der Waals surface area (Å²) in [5.41, 5.74) is 0.589. The Morgan fingerprint density at radius 2 is 1.93 bits per heavy atom. The lowest BCUT2D eigenvalue weighted by atomic mass is 10.2. The predicted molar refractivity (Wildman–Crippen MR) is 105 cm³/mol. The summed E-state index contributed by atoms with van der Waals surface area (Å²) in [6.45, 7) is 0. The SMILES string of the molecule is O=c1ccccn1-c1ccc(N[C@H]2CC[C@H](Nc3noc(C4CC4(F)F)n3)C2)nc1. The average Bonchev–Trinajstić information content (AvgIpc) is 3.07. The van der Waals surface area contributed by atoms with Gasteiger partial charge in [0.05, 0.1) is 11.9 Å². The van der Waals surface area contributed by atoms with Crippen LogP contribution >= 0.6 is 0 Å². The van der Waals surface area contributed by atoms with E-state index in [0.29, 0.717) is 5.69 Å². The first-order valence-corrected chi connectivity index (χ1v) is 9.86. The highest BCUT2D eigenvalue weighted by atomic mass is 19.3. The smallest absolute Gasteiger partial charge is 0.263 e. The summed E-state index contributed by atoms with van der Waals surface area (Å²) < 4.78 is 32.7. The van der Waals surface area contributed by atoms with E-state index < -0.39 is 11.8 Å². The third-order valence-corrected chi connectivity index (χ3v) is 5.53. The van der Waals surface area contributed by atoms with Crippen molar-refractivity contribution in [2.75, 3.05) is 10.6 Å². The number of nitrogens with zero attached hydrogens (tertiary/aromatic N) is 4. The molecule has 2 saturated carbocycles. The van der Waals surface area contributed by atoms with Gasteiger partial charge in [-0.3, -0.25) is 9.36 Å². The van der Waals surface area contributed by atoms with Crippen molar-refractivity contribution in [3.8, 4) is 5.69 Å². The summed E-state index contributed by atoms with van der Waals surface area (Å²) in [5.74, 6) is -2.68. The van der Waals surface area contributed by atoms with Crippen molar-refractivity contribution >= 4 is 11.8 Å². The molecule has 3 atom stereocenters. The summed E-state index contributed by atoms with van der Waals surface area (Å²) >= 11 is 0. The summed E-state index contributed by atoms with van der Waals surface area (Å²) in [6, 6.07) is 9.01. The van der Waals surface area contributed by atoms with Gasteiger partial charge in [-0.25, -0.2) is 13.8 Å². The Balaban J connectivity index is 1.16. The van der Waals surface area contributed by atoms with Gasteiger partial charge in [0.1, 0.15) is 11.7 Å². The van der Waals surface area contributed by atoms with Crippen LogP contribution in [0.25, 0.3) is 5.69 Å². The molecule has 0 amide bonds. The summed E-state index contributed by atoms with van der Waals surface area (Å²) in [4.78, 5) is 20.4. The molecule has 2 aliphatic carbocycles. The van der Waals surface area contributed by atoms with Crippen LogP contribution in [0.1, 0.15) is 37.5 Å². The fraction of sp³-hybridized carbons (Fsp3) is 0.400. The first-order valence-electron chi connectivity index (χ1n) is 9.86. The Morgan fingerprint density at radius 3 is 2.63 bits per heavy atom. The Bertz CT molecular complexity index is 1100. The van der Waals surface area contributed by atoms with E-state index in [1.807, 2.05) is 12.1 Å². The van der Waals surface area contributed by atoms with E-state index >= 15 is 0 Å². The minimum Gasteiger partial charge on any atom is -0.367 e. The van der Waals surface area contributed by atoms with Crippen molar-refractivity contribution in [1.29, 1.82) is 0 Å². The number of halogens is 2. The van der Waals surface area contributed by atoms with E-state index in [2.05, 4.69) is 25.8 Å². The van der Waals surface area contributed by atoms with E-state index in [-0.39, 0.29) is 35.9 Å². The Morgan fingerprint density at radius 1 is 1.13 bits per heavy atom. The molecule has 1 unspecified atom stereocenters. The molecule has 0 bridgehead atoms. The van der Waals surface area contributed by atoms with Crippen LogP contribution in [0.3, 0.4) is 0 Å². The maximum Gasteiger partial charge on any atom is 0.263 e. The minimum absolute atomic E-state index is 0.00279. The highest BCUT2D eigenvalue weighted by molar-refractivity contribution is 5.42. The predicted octanol–water partition coefficient (Wildman–Crippen LogP) is 3.18. The fourth-order valence-electron chi connectivity index (χ4n) is 3.81. The Hall–Kier alpha value is -3.30. The number of hydrogen-bond donors (Lipinski definition) is 2. The third kappa shape index (κ3) is 3.77. The fourth-order valence-corrected chi connectivity index (χ4v) is 3.81. The second kappa shape index (κ2) is 7.19. The van der Waals surface area contributed by atoms with Gasteiger partial charge >= 0.3 is 0 Å². The van der Waals surface area contributed by atoms with Crippen molar-refractivity contribution in [3.63, 3.8) is 0 Å². The lowest BCUT2D eigenvalue weighted by Crippen LogP contribution is -2.21. The highest BCUT2D eigenvalue weighted by Crippen LogP contribution is 2.55. The zero-order valence-electron chi connectivity index (χ0n) is 16.0. The van der Waals surface area contributed by atoms with Gasteiger partial charge in [0.2, 0.25) is 5.89 Å². The van der Waals surface area contributed by atoms with Gasteiger partial charge in [-0.15, -0.1) is 0 Å². The first kappa shape index (κ1) is 18.7. The molecule has 5 rings (SSSR count). The van der Waals surface area contributed by atoms with E-state index in [9.17, 15) is 13.6 Å². The molecule has 0 spiro atoms. The van der Waals surface area contributed by atoms with Crippen molar-refractivity contribution in [2.24, 2.45) is 0 Å². The van der Waals surface area contributed by atoms with E-state index in [0.717, 1.165) is 25.1 Å². The summed E-state index contributed by atoms with van der Waals surface area (Å²) in [6.07, 6.45) is 5.75. The average molecular weight is 414 g/mol. The zero-order valence-corrected chi connectivity index (χ0v) is 16.0. The summed E-state index contributed by atoms with van der Waals surface area (Å²) in [5, 5.41) is 10.3.